The highest BCUT2D eigenvalue weighted by Gasteiger charge is 2.22. The molecule has 6 heteroatoms. The Kier molecular flexibility index (Phi) is 5.14. The lowest BCUT2D eigenvalue weighted by Crippen LogP contribution is -2.35. The van der Waals surface area contributed by atoms with Crippen molar-refractivity contribution < 1.29 is 14.5 Å². The third kappa shape index (κ3) is 3.71. The molecule has 0 saturated carbocycles. The van der Waals surface area contributed by atoms with Crippen molar-refractivity contribution in [2.75, 3.05) is 24.6 Å². The molecule has 0 radical (unpaired) electrons. The first-order chi connectivity index (χ1) is 10.2. The highest BCUT2D eigenvalue weighted by atomic mass is 16.6. The number of piperidine rings is 1. The van der Waals surface area contributed by atoms with E-state index in [1.54, 1.807) is 12.1 Å². The maximum absolute atomic E-state index is 11.0. The van der Waals surface area contributed by atoms with E-state index in [9.17, 15) is 14.9 Å². The zero-order chi connectivity index (χ0) is 15.2. The third-order valence-electron chi connectivity index (χ3n) is 3.62. The first-order valence-electron chi connectivity index (χ1n) is 7.27. The summed E-state index contributed by atoms with van der Waals surface area (Å²) < 4.78 is 5.49. The molecule has 0 N–H and O–H groups in total. The van der Waals surface area contributed by atoms with E-state index in [0.29, 0.717) is 18.9 Å². The Morgan fingerprint density at radius 3 is 3.00 bits per heavy atom. The van der Waals surface area contributed by atoms with Crippen molar-refractivity contribution in [3.05, 3.63) is 28.3 Å². The number of carbonyl (C=O) groups excluding carboxylic acids is 1. The van der Waals surface area contributed by atoms with Crippen molar-refractivity contribution in [2.24, 2.45) is 5.92 Å². The van der Waals surface area contributed by atoms with Crippen molar-refractivity contribution in [2.45, 2.75) is 26.2 Å². The third-order valence-corrected chi connectivity index (χ3v) is 3.62. The molecule has 1 aliphatic rings. The molecule has 0 amide bonds. The van der Waals surface area contributed by atoms with Gasteiger partial charge in [0.25, 0.3) is 0 Å². The van der Waals surface area contributed by atoms with Crippen LogP contribution in [0.15, 0.2) is 18.2 Å². The molecule has 2 rings (SSSR count). The monoisotopic (exact) mass is 292 g/mol. The Bertz CT molecular complexity index is 518. The van der Waals surface area contributed by atoms with E-state index >= 15 is 0 Å². The first-order valence-corrected chi connectivity index (χ1v) is 7.27. The van der Waals surface area contributed by atoms with Crippen molar-refractivity contribution in [3.63, 3.8) is 0 Å². The van der Waals surface area contributed by atoms with E-state index in [4.69, 9.17) is 4.74 Å². The summed E-state index contributed by atoms with van der Waals surface area (Å²) in [6.07, 6.45) is 3.64. The zero-order valence-electron chi connectivity index (χ0n) is 12.2. The molecule has 114 valence electrons. The summed E-state index contributed by atoms with van der Waals surface area (Å²) in [4.78, 5) is 23.6. The number of aldehydes is 1. The van der Waals surface area contributed by atoms with Gasteiger partial charge in [-0.3, -0.25) is 10.1 Å². The number of hydrogen-bond donors (Lipinski definition) is 0. The minimum atomic E-state index is -0.431. The van der Waals surface area contributed by atoms with Gasteiger partial charge in [0, 0.05) is 36.8 Å². The Balaban J connectivity index is 2.23. The number of nitro benzene ring substituents is 1. The summed E-state index contributed by atoms with van der Waals surface area (Å²) in [5.41, 5.74) is 0.856. The van der Waals surface area contributed by atoms with Gasteiger partial charge in [0.1, 0.15) is 6.29 Å². The summed E-state index contributed by atoms with van der Waals surface area (Å²) in [6, 6.07) is 4.91. The molecule has 6 nitrogen and oxygen atoms in total. The predicted octanol–water partition coefficient (Wildman–Crippen LogP) is 2.80. The smallest absolute Gasteiger partial charge is 0.311 e. The second kappa shape index (κ2) is 7.06. The maximum Gasteiger partial charge on any atom is 0.311 e. The molecule has 0 bridgehead atoms. The van der Waals surface area contributed by atoms with Gasteiger partial charge in [-0.05, 0) is 25.3 Å². The van der Waals surface area contributed by atoms with E-state index in [0.717, 1.165) is 37.8 Å². The fourth-order valence-corrected chi connectivity index (χ4v) is 2.53. The van der Waals surface area contributed by atoms with Crippen LogP contribution in [0.4, 0.5) is 11.4 Å². The molecule has 1 atom stereocenters. The second-order valence-corrected chi connectivity index (χ2v) is 5.24. The fraction of sp³-hybridized carbons (Fsp3) is 0.533. The van der Waals surface area contributed by atoms with Gasteiger partial charge in [0.15, 0.2) is 5.75 Å². The Labute approximate surface area is 123 Å². The molecule has 0 spiro atoms. The van der Waals surface area contributed by atoms with Gasteiger partial charge < -0.3 is 14.4 Å². The first kappa shape index (κ1) is 15.3. The van der Waals surface area contributed by atoms with Crippen LogP contribution in [0.2, 0.25) is 0 Å². The Morgan fingerprint density at radius 1 is 1.52 bits per heavy atom. The highest BCUT2D eigenvalue weighted by molar-refractivity contribution is 5.61. The van der Waals surface area contributed by atoms with E-state index in [-0.39, 0.29) is 11.6 Å². The van der Waals surface area contributed by atoms with Crippen LogP contribution in [0.1, 0.15) is 26.2 Å². The number of carbonyl (C=O) groups is 1. The quantitative estimate of drug-likeness (QED) is 0.458. The lowest BCUT2D eigenvalue weighted by molar-refractivity contribution is -0.385. The summed E-state index contributed by atoms with van der Waals surface area (Å²) in [6.45, 7) is 3.92. The van der Waals surface area contributed by atoms with Crippen LogP contribution in [0.25, 0.3) is 0 Å². The summed E-state index contributed by atoms with van der Waals surface area (Å²) in [7, 11) is 0. The van der Waals surface area contributed by atoms with Crippen LogP contribution >= 0.6 is 0 Å². The highest BCUT2D eigenvalue weighted by Crippen LogP contribution is 2.33. The average molecular weight is 292 g/mol. The van der Waals surface area contributed by atoms with Crippen LogP contribution in [-0.4, -0.2) is 30.9 Å². The van der Waals surface area contributed by atoms with E-state index < -0.39 is 4.92 Å². The minimum Gasteiger partial charge on any atom is -0.487 e. The SMILES string of the molecule is CCCOc1cc(N2CCCC(C=O)C2)ccc1[N+](=O)[O-]. The fourth-order valence-electron chi connectivity index (χ4n) is 2.53. The summed E-state index contributed by atoms with van der Waals surface area (Å²) >= 11 is 0. The molecular weight excluding hydrogens is 272 g/mol. The number of nitro groups is 1. The Morgan fingerprint density at radius 2 is 2.33 bits per heavy atom. The normalized spacial score (nSPS) is 18.3. The lowest BCUT2D eigenvalue weighted by Gasteiger charge is -2.32. The van der Waals surface area contributed by atoms with E-state index in [2.05, 4.69) is 4.90 Å². The van der Waals surface area contributed by atoms with Crippen LogP contribution in [0, 0.1) is 16.0 Å². The number of nitrogens with zero attached hydrogens (tertiary/aromatic N) is 2. The molecule has 1 heterocycles. The number of anilines is 1. The molecule has 1 aliphatic heterocycles. The number of ether oxygens (including phenoxy) is 1. The molecule has 0 aromatic heterocycles. The van der Waals surface area contributed by atoms with Gasteiger partial charge in [-0.1, -0.05) is 6.92 Å². The van der Waals surface area contributed by atoms with Crippen molar-refractivity contribution in [1.82, 2.24) is 0 Å². The van der Waals surface area contributed by atoms with Crippen molar-refractivity contribution in [1.29, 1.82) is 0 Å². The molecule has 1 aromatic rings. The predicted molar refractivity (Wildman–Crippen MR) is 79.9 cm³/mol. The molecular formula is C15H20N2O4. The molecule has 1 aromatic carbocycles. The second-order valence-electron chi connectivity index (χ2n) is 5.24. The zero-order valence-corrected chi connectivity index (χ0v) is 12.2. The number of hydrogen-bond acceptors (Lipinski definition) is 5. The van der Waals surface area contributed by atoms with Crippen LogP contribution in [-0.2, 0) is 4.79 Å². The lowest BCUT2D eigenvalue weighted by atomic mass is 9.99. The molecule has 1 saturated heterocycles. The molecule has 21 heavy (non-hydrogen) atoms. The largest absolute Gasteiger partial charge is 0.487 e. The topological polar surface area (TPSA) is 72.7 Å². The maximum atomic E-state index is 11.0. The summed E-state index contributed by atoms with van der Waals surface area (Å²) in [5, 5.41) is 11.0. The van der Waals surface area contributed by atoms with Crippen molar-refractivity contribution in [3.8, 4) is 5.75 Å². The molecule has 1 fully saturated rings. The van der Waals surface area contributed by atoms with Crippen LogP contribution in [0.5, 0.6) is 5.75 Å². The van der Waals surface area contributed by atoms with Crippen molar-refractivity contribution >= 4 is 17.7 Å². The van der Waals surface area contributed by atoms with Gasteiger partial charge in [0.05, 0.1) is 11.5 Å². The van der Waals surface area contributed by atoms with Gasteiger partial charge in [-0.15, -0.1) is 0 Å². The van der Waals surface area contributed by atoms with Crippen LogP contribution in [0.3, 0.4) is 0 Å². The number of rotatable bonds is 6. The van der Waals surface area contributed by atoms with Gasteiger partial charge >= 0.3 is 5.69 Å². The number of benzene rings is 1. The van der Waals surface area contributed by atoms with Gasteiger partial charge in [-0.2, -0.15) is 0 Å². The standard InChI is InChI=1S/C15H20N2O4/c1-2-8-21-15-9-13(5-6-14(15)17(19)20)16-7-3-4-12(10-16)11-18/h5-6,9,11-12H,2-4,7-8,10H2,1H3. The molecule has 0 aliphatic carbocycles. The van der Waals surface area contributed by atoms with Crippen LogP contribution < -0.4 is 9.64 Å². The molecule has 1 unspecified atom stereocenters. The average Bonchev–Trinajstić information content (AvgIpc) is 2.52. The summed E-state index contributed by atoms with van der Waals surface area (Å²) in [5.74, 6) is 0.335. The van der Waals surface area contributed by atoms with Gasteiger partial charge in [-0.25, -0.2) is 0 Å². The minimum absolute atomic E-state index is 0.0175. The Hall–Kier alpha value is -2.11. The van der Waals surface area contributed by atoms with E-state index in [1.165, 1.54) is 6.07 Å². The van der Waals surface area contributed by atoms with Gasteiger partial charge in [0.2, 0.25) is 0 Å². The van der Waals surface area contributed by atoms with E-state index in [1.807, 2.05) is 6.92 Å².